The maximum absolute atomic E-state index is 11.7. The van der Waals surface area contributed by atoms with E-state index in [-0.39, 0.29) is 12.3 Å². The van der Waals surface area contributed by atoms with Crippen molar-refractivity contribution in [1.82, 2.24) is 4.90 Å². The molecule has 0 aromatic heterocycles. The number of hydrogen-bond donors (Lipinski definition) is 2. The van der Waals surface area contributed by atoms with Gasteiger partial charge in [0, 0.05) is 23.1 Å². The zero-order chi connectivity index (χ0) is 13.3. The van der Waals surface area contributed by atoms with Gasteiger partial charge < -0.3 is 15.1 Å². The Morgan fingerprint density at radius 1 is 1.33 bits per heavy atom. The number of rotatable bonds is 3. The molecule has 2 N–H and O–H groups in total. The summed E-state index contributed by atoms with van der Waals surface area (Å²) in [5.41, 5.74) is 0.516. The van der Waals surface area contributed by atoms with Crippen molar-refractivity contribution in [3.63, 3.8) is 0 Å². The number of nitrogens with zero attached hydrogens (tertiary/aromatic N) is 1. The summed E-state index contributed by atoms with van der Waals surface area (Å²) in [4.78, 5) is 13.2. The van der Waals surface area contributed by atoms with E-state index in [0.717, 1.165) is 0 Å². The first kappa shape index (κ1) is 13.6. The summed E-state index contributed by atoms with van der Waals surface area (Å²) < 4.78 is 0. The normalized spacial score (nSPS) is 17.4. The molecule has 0 aliphatic carbocycles. The van der Waals surface area contributed by atoms with Crippen LogP contribution in [0.25, 0.3) is 0 Å². The van der Waals surface area contributed by atoms with E-state index in [9.17, 15) is 9.90 Å². The van der Waals surface area contributed by atoms with Crippen molar-refractivity contribution in [2.75, 3.05) is 13.1 Å². The number of likely N-dealkylation sites (tertiary alicyclic amines) is 1. The molecule has 1 heterocycles. The van der Waals surface area contributed by atoms with Gasteiger partial charge >= 0.3 is 0 Å². The fourth-order valence-electron chi connectivity index (χ4n) is 1.84. The Balaban J connectivity index is 1.98. The van der Waals surface area contributed by atoms with E-state index in [1.54, 1.807) is 18.2 Å². The molecule has 0 bridgehead atoms. The Bertz CT molecular complexity index is 440. The van der Waals surface area contributed by atoms with Crippen LogP contribution in [-0.2, 0) is 4.79 Å². The molecule has 1 unspecified atom stereocenters. The highest BCUT2D eigenvalue weighted by Crippen LogP contribution is 2.26. The van der Waals surface area contributed by atoms with Crippen LogP contribution in [0.15, 0.2) is 18.2 Å². The minimum Gasteiger partial charge on any atom is -0.389 e. The van der Waals surface area contributed by atoms with Crippen molar-refractivity contribution in [2.24, 2.45) is 0 Å². The van der Waals surface area contributed by atoms with Gasteiger partial charge in [0.15, 0.2) is 0 Å². The average Bonchev–Trinajstić information content (AvgIpc) is 2.23. The number of carbonyl (C=O) groups excluding carboxylic acids is 1. The quantitative estimate of drug-likeness (QED) is 0.889. The predicted octanol–water partition coefficient (Wildman–Crippen LogP) is 1.62. The van der Waals surface area contributed by atoms with E-state index in [1.807, 2.05) is 0 Å². The summed E-state index contributed by atoms with van der Waals surface area (Å²) in [6.45, 7) is 0.670. The third-order valence-electron chi connectivity index (χ3n) is 2.85. The summed E-state index contributed by atoms with van der Waals surface area (Å²) >= 11 is 11.7. The Morgan fingerprint density at radius 3 is 2.39 bits per heavy atom. The Morgan fingerprint density at radius 2 is 1.89 bits per heavy atom. The lowest BCUT2D eigenvalue weighted by Crippen LogP contribution is -2.53. The van der Waals surface area contributed by atoms with Crippen LogP contribution in [-0.4, -0.2) is 40.2 Å². The summed E-state index contributed by atoms with van der Waals surface area (Å²) in [6.07, 6.45) is -1.42. The van der Waals surface area contributed by atoms with Crippen LogP contribution in [0, 0.1) is 0 Å². The highest BCUT2D eigenvalue weighted by molar-refractivity contribution is 6.34. The van der Waals surface area contributed by atoms with E-state index in [4.69, 9.17) is 28.3 Å². The van der Waals surface area contributed by atoms with Crippen molar-refractivity contribution in [3.05, 3.63) is 33.8 Å². The Hall–Kier alpha value is -0.810. The first-order chi connectivity index (χ1) is 8.45. The lowest BCUT2D eigenvalue weighted by atomic mass is 10.0. The average molecular weight is 290 g/mol. The molecule has 1 amide bonds. The van der Waals surface area contributed by atoms with Crippen molar-refractivity contribution >= 4 is 29.1 Å². The van der Waals surface area contributed by atoms with Crippen molar-refractivity contribution in [1.29, 1.82) is 0 Å². The first-order valence-electron chi connectivity index (χ1n) is 5.55. The number of hydrogen-bond acceptors (Lipinski definition) is 3. The number of aliphatic hydroxyl groups excluding tert-OH is 2. The van der Waals surface area contributed by atoms with Crippen LogP contribution in [0.5, 0.6) is 0 Å². The Kier molecular flexibility index (Phi) is 4.12. The number of benzene rings is 1. The molecule has 18 heavy (non-hydrogen) atoms. The number of β-amino-alcohol motifs (C(OH)–C–C–N with tert-alkyl or cyclic N) is 1. The highest BCUT2D eigenvalue weighted by Gasteiger charge is 2.29. The van der Waals surface area contributed by atoms with Crippen LogP contribution in [0.4, 0.5) is 0 Å². The summed E-state index contributed by atoms with van der Waals surface area (Å²) in [7, 11) is 0. The maximum Gasteiger partial charge on any atom is 0.225 e. The molecule has 1 aliphatic heterocycles. The molecule has 6 heteroatoms. The van der Waals surface area contributed by atoms with E-state index < -0.39 is 12.2 Å². The molecule has 2 rings (SSSR count). The second-order valence-corrected chi connectivity index (χ2v) is 5.25. The molecular formula is C12H13Cl2NO3. The van der Waals surface area contributed by atoms with Crippen molar-refractivity contribution < 1.29 is 15.0 Å². The van der Waals surface area contributed by atoms with Crippen LogP contribution in [0.1, 0.15) is 18.1 Å². The van der Waals surface area contributed by atoms with Crippen LogP contribution in [0.3, 0.4) is 0 Å². The van der Waals surface area contributed by atoms with E-state index >= 15 is 0 Å². The van der Waals surface area contributed by atoms with Crippen LogP contribution >= 0.6 is 23.2 Å². The standard InChI is InChI=1S/C12H13Cl2NO3/c13-8-1-7(2-9(14)3-8)11(17)4-12(18)15-5-10(16)6-15/h1-3,10-11,16-17H,4-6H2. The minimum absolute atomic E-state index is 0.0383. The van der Waals surface area contributed by atoms with Crippen LogP contribution in [0.2, 0.25) is 10.0 Å². The smallest absolute Gasteiger partial charge is 0.225 e. The van der Waals surface area contributed by atoms with E-state index in [2.05, 4.69) is 0 Å². The molecule has 1 aromatic rings. The van der Waals surface area contributed by atoms with Gasteiger partial charge in [0.1, 0.15) is 0 Å². The molecule has 1 atom stereocenters. The Labute approximate surface area is 115 Å². The molecule has 1 fully saturated rings. The molecule has 0 spiro atoms. The van der Waals surface area contributed by atoms with Gasteiger partial charge in [0.25, 0.3) is 0 Å². The first-order valence-corrected chi connectivity index (χ1v) is 6.31. The molecule has 1 aromatic carbocycles. The summed E-state index contributed by atoms with van der Waals surface area (Å²) in [5, 5.41) is 19.9. The molecule has 4 nitrogen and oxygen atoms in total. The minimum atomic E-state index is -0.938. The van der Waals surface area contributed by atoms with Crippen LogP contribution < -0.4 is 0 Å². The largest absolute Gasteiger partial charge is 0.389 e. The van der Waals surface area contributed by atoms with Gasteiger partial charge in [-0.1, -0.05) is 23.2 Å². The van der Waals surface area contributed by atoms with Gasteiger partial charge in [0.2, 0.25) is 5.91 Å². The van der Waals surface area contributed by atoms with Gasteiger partial charge in [-0.05, 0) is 23.8 Å². The second kappa shape index (κ2) is 5.45. The molecule has 98 valence electrons. The van der Waals surface area contributed by atoms with Crippen molar-refractivity contribution in [2.45, 2.75) is 18.6 Å². The zero-order valence-corrected chi connectivity index (χ0v) is 11.0. The fourth-order valence-corrected chi connectivity index (χ4v) is 2.38. The number of aliphatic hydroxyl groups is 2. The van der Waals surface area contributed by atoms with E-state index in [0.29, 0.717) is 28.7 Å². The predicted molar refractivity (Wildman–Crippen MR) is 68.6 cm³/mol. The SMILES string of the molecule is O=C(CC(O)c1cc(Cl)cc(Cl)c1)N1CC(O)C1. The topological polar surface area (TPSA) is 60.8 Å². The number of carbonyl (C=O) groups is 1. The monoisotopic (exact) mass is 289 g/mol. The van der Waals surface area contributed by atoms with Gasteiger partial charge in [-0.25, -0.2) is 0 Å². The lowest BCUT2D eigenvalue weighted by molar-refractivity contribution is -0.143. The summed E-state index contributed by atoms with van der Waals surface area (Å²) in [5.74, 6) is -0.191. The summed E-state index contributed by atoms with van der Waals surface area (Å²) in [6, 6.07) is 4.72. The fraction of sp³-hybridized carbons (Fsp3) is 0.417. The maximum atomic E-state index is 11.7. The van der Waals surface area contributed by atoms with Gasteiger partial charge in [-0.3, -0.25) is 4.79 Å². The molecule has 1 aliphatic rings. The molecule has 1 saturated heterocycles. The third kappa shape index (κ3) is 3.14. The number of halogens is 2. The lowest BCUT2D eigenvalue weighted by Gasteiger charge is -2.36. The molecule has 0 radical (unpaired) electrons. The van der Waals surface area contributed by atoms with Gasteiger partial charge in [0.05, 0.1) is 18.6 Å². The molecular weight excluding hydrogens is 277 g/mol. The number of amides is 1. The third-order valence-corrected chi connectivity index (χ3v) is 3.29. The van der Waals surface area contributed by atoms with Crippen molar-refractivity contribution in [3.8, 4) is 0 Å². The second-order valence-electron chi connectivity index (χ2n) is 4.38. The van der Waals surface area contributed by atoms with E-state index in [1.165, 1.54) is 4.90 Å². The molecule has 0 saturated carbocycles. The zero-order valence-electron chi connectivity index (χ0n) is 9.51. The van der Waals surface area contributed by atoms with Gasteiger partial charge in [-0.15, -0.1) is 0 Å². The van der Waals surface area contributed by atoms with Gasteiger partial charge in [-0.2, -0.15) is 0 Å². The highest BCUT2D eigenvalue weighted by atomic mass is 35.5.